The second-order valence-electron chi connectivity index (χ2n) is 5.86. The fraction of sp³-hybridized carbons (Fsp3) is 0.0952. The minimum atomic E-state index is -0.121. The Balaban J connectivity index is 1.92. The summed E-state index contributed by atoms with van der Waals surface area (Å²) in [6, 6.07) is 20.6. The van der Waals surface area contributed by atoms with Gasteiger partial charge in [0.2, 0.25) is 5.91 Å². The topological polar surface area (TPSA) is 50.4 Å². The molecular formula is C21H19ClN2O2. The summed E-state index contributed by atoms with van der Waals surface area (Å²) in [7, 11) is 0. The van der Waals surface area contributed by atoms with E-state index in [0.29, 0.717) is 16.5 Å². The van der Waals surface area contributed by atoms with Crippen LogP contribution in [0.3, 0.4) is 0 Å². The van der Waals surface area contributed by atoms with Gasteiger partial charge in [-0.25, -0.2) is 0 Å². The van der Waals surface area contributed by atoms with Gasteiger partial charge in [0.15, 0.2) is 5.75 Å². The van der Waals surface area contributed by atoms with Crippen molar-refractivity contribution >= 4 is 34.6 Å². The van der Waals surface area contributed by atoms with Gasteiger partial charge in [-0.15, -0.1) is 0 Å². The van der Waals surface area contributed by atoms with E-state index in [-0.39, 0.29) is 5.91 Å². The van der Waals surface area contributed by atoms with Gasteiger partial charge >= 0.3 is 0 Å². The number of amides is 1. The van der Waals surface area contributed by atoms with E-state index in [1.807, 2.05) is 61.5 Å². The Hall–Kier alpha value is -2.98. The lowest BCUT2D eigenvalue weighted by Gasteiger charge is -2.17. The van der Waals surface area contributed by atoms with Gasteiger partial charge in [-0.3, -0.25) is 4.79 Å². The number of nitrogens with one attached hydrogen (secondary N) is 2. The molecule has 0 aliphatic heterocycles. The van der Waals surface area contributed by atoms with Crippen LogP contribution < -0.4 is 15.4 Å². The van der Waals surface area contributed by atoms with Crippen LogP contribution in [0.2, 0.25) is 5.02 Å². The first-order valence-electron chi connectivity index (χ1n) is 8.19. The number of hydrogen-bond donors (Lipinski definition) is 2. The number of rotatable bonds is 5. The maximum absolute atomic E-state index is 11.5. The third-order valence-electron chi connectivity index (χ3n) is 3.77. The summed E-state index contributed by atoms with van der Waals surface area (Å²) in [4.78, 5) is 11.5. The van der Waals surface area contributed by atoms with Crippen LogP contribution >= 0.6 is 11.6 Å². The van der Waals surface area contributed by atoms with Crippen molar-refractivity contribution in [2.24, 2.45) is 0 Å². The zero-order chi connectivity index (χ0) is 18.5. The van der Waals surface area contributed by atoms with Gasteiger partial charge in [-0.2, -0.15) is 0 Å². The minimum absolute atomic E-state index is 0.121. The molecular weight excluding hydrogens is 348 g/mol. The normalized spacial score (nSPS) is 10.3. The van der Waals surface area contributed by atoms with Gasteiger partial charge in [0.05, 0.1) is 17.1 Å². The Morgan fingerprint density at radius 3 is 2.35 bits per heavy atom. The maximum atomic E-state index is 11.5. The van der Waals surface area contributed by atoms with E-state index in [4.69, 9.17) is 16.3 Å². The number of benzene rings is 3. The molecule has 0 aliphatic rings. The molecule has 0 fully saturated rings. The molecule has 0 aromatic heterocycles. The predicted molar refractivity (Wildman–Crippen MR) is 107 cm³/mol. The molecule has 2 N–H and O–H groups in total. The summed E-state index contributed by atoms with van der Waals surface area (Å²) in [6.07, 6.45) is 0. The fourth-order valence-corrected chi connectivity index (χ4v) is 2.68. The molecule has 0 saturated heterocycles. The molecule has 26 heavy (non-hydrogen) atoms. The van der Waals surface area contributed by atoms with Crippen molar-refractivity contribution in [1.29, 1.82) is 0 Å². The van der Waals surface area contributed by atoms with E-state index in [2.05, 4.69) is 10.6 Å². The number of aryl methyl sites for hydroxylation is 1. The summed E-state index contributed by atoms with van der Waals surface area (Å²) in [6.45, 7) is 3.47. The summed E-state index contributed by atoms with van der Waals surface area (Å²) in [5.74, 6) is 1.24. The molecule has 4 nitrogen and oxygen atoms in total. The standard InChI is InChI=1S/C21H19ClN2O2/c1-14-6-5-8-19(23-15(2)25)21(14)24-18-7-3-4-9-20(18)26-17-12-10-16(22)11-13-17/h3-13,24H,1-2H3,(H,23,25). The Bertz CT molecular complexity index is 924. The van der Waals surface area contributed by atoms with Crippen LogP contribution in [0.1, 0.15) is 12.5 Å². The highest BCUT2D eigenvalue weighted by Crippen LogP contribution is 2.35. The second-order valence-corrected chi connectivity index (χ2v) is 6.29. The van der Waals surface area contributed by atoms with Crippen molar-refractivity contribution < 1.29 is 9.53 Å². The summed E-state index contributed by atoms with van der Waals surface area (Å²) in [5, 5.41) is 6.89. The first-order valence-corrected chi connectivity index (χ1v) is 8.57. The lowest BCUT2D eigenvalue weighted by atomic mass is 10.1. The minimum Gasteiger partial charge on any atom is -0.455 e. The molecule has 3 aromatic carbocycles. The van der Waals surface area contributed by atoms with Crippen LogP contribution in [-0.4, -0.2) is 5.91 Å². The van der Waals surface area contributed by atoms with Crippen molar-refractivity contribution in [2.45, 2.75) is 13.8 Å². The van der Waals surface area contributed by atoms with E-state index in [0.717, 1.165) is 22.6 Å². The van der Waals surface area contributed by atoms with Crippen molar-refractivity contribution in [3.8, 4) is 11.5 Å². The molecule has 132 valence electrons. The molecule has 0 spiro atoms. The first kappa shape index (κ1) is 17.8. The van der Waals surface area contributed by atoms with Crippen LogP contribution in [0.4, 0.5) is 17.1 Å². The highest BCUT2D eigenvalue weighted by molar-refractivity contribution is 6.30. The Labute approximate surface area is 157 Å². The molecule has 3 aromatic rings. The maximum Gasteiger partial charge on any atom is 0.221 e. The van der Waals surface area contributed by atoms with Crippen LogP contribution in [0.5, 0.6) is 11.5 Å². The number of hydrogen-bond acceptors (Lipinski definition) is 3. The predicted octanol–water partition coefficient (Wildman–Crippen LogP) is 6.14. The van der Waals surface area contributed by atoms with Gasteiger partial charge in [0.1, 0.15) is 5.75 Å². The van der Waals surface area contributed by atoms with E-state index < -0.39 is 0 Å². The monoisotopic (exact) mass is 366 g/mol. The van der Waals surface area contributed by atoms with Crippen LogP contribution in [0.25, 0.3) is 0 Å². The molecule has 0 aliphatic carbocycles. The van der Waals surface area contributed by atoms with Gasteiger partial charge in [-0.05, 0) is 55.0 Å². The Morgan fingerprint density at radius 2 is 1.62 bits per heavy atom. The third kappa shape index (κ3) is 4.35. The zero-order valence-corrected chi connectivity index (χ0v) is 15.3. The van der Waals surface area contributed by atoms with E-state index in [1.54, 1.807) is 12.1 Å². The molecule has 0 heterocycles. The number of ether oxygens (including phenoxy) is 1. The lowest BCUT2D eigenvalue weighted by Crippen LogP contribution is -2.09. The average Bonchev–Trinajstić information content (AvgIpc) is 2.61. The molecule has 0 bridgehead atoms. The molecule has 0 saturated carbocycles. The number of halogens is 1. The molecule has 3 rings (SSSR count). The van der Waals surface area contributed by atoms with Crippen molar-refractivity contribution in [3.05, 3.63) is 77.3 Å². The number of anilines is 3. The van der Waals surface area contributed by atoms with Gasteiger partial charge in [0, 0.05) is 11.9 Å². The van der Waals surface area contributed by atoms with Crippen LogP contribution in [0.15, 0.2) is 66.7 Å². The second kappa shape index (κ2) is 7.93. The van der Waals surface area contributed by atoms with Crippen molar-refractivity contribution in [3.63, 3.8) is 0 Å². The Kier molecular flexibility index (Phi) is 5.44. The van der Waals surface area contributed by atoms with Gasteiger partial charge < -0.3 is 15.4 Å². The molecule has 0 atom stereocenters. The number of carbonyl (C=O) groups excluding carboxylic acids is 1. The lowest BCUT2D eigenvalue weighted by molar-refractivity contribution is -0.114. The number of carbonyl (C=O) groups is 1. The largest absolute Gasteiger partial charge is 0.455 e. The third-order valence-corrected chi connectivity index (χ3v) is 4.02. The smallest absolute Gasteiger partial charge is 0.221 e. The molecule has 1 amide bonds. The number of para-hydroxylation sites is 3. The summed E-state index contributed by atoms with van der Waals surface area (Å²) >= 11 is 5.93. The molecule has 0 unspecified atom stereocenters. The fourth-order valence-electron chi connectivity index (χ4n) is 2.55. The summed E-state index contributed by atoms with van der Waals surface area (Å²) in [5.41, 5.74) is 3.36. The first-order chi connectivity index (χ1) is 12.5. The highest BCUT2D eigenvalue weighted by atomic mass is 35.5. The Morgan fingerprint density at radius 1 is 0.923 bits per heavy atom. The average molecular weight is 367 g/mol. The SMILES string of the molecule is CC(=O)Nc1cccc(C)c1Nc1ccccc1Oc1ccc(Cl)cc1. The van der Waals surface area contributed by atoms with E-state index in [9.17, 15) is 4.79 Å². The molecule has 0 radical (unpaired) electrons. The molecule has 5 heteroatoms. The van der Waals surface area contributed by atoms with E-state index in [1.165, 1.54) is 6.92 Å². The van der Waals surface area contributed by atoms with Crippen molar-refractivity contribution in [1.82, 2.24) is 0 Å². The van der Waals surface area contributed by atoms with E-state index >= 15 is 0 Å². The summed E-state index contributed by atoms with van der Waals surface area (Å²) < 4.78 is 5.99. The van der Waals surface area contributed by atoms with Gasteiger partial charge in [0.25, 0.3) is 0 Å². The van der Waals surface area contributed by atoms with Crippen molar-refractivity contribution in [2.75, 3.05) is 10.6 Å². The zero-order valence-electron chi connectivity index (χ0n) is 14.5. The highest BCUT2D eigenvalue weighted by Gasteiger charge is 2.11. The van der Waals surface area contributed by atoms with Crippen LogP contribution in [-0.2, 0) is 4.79 Å². The van der Waals surface area contributed by atoms with Gasteiger partial charge in [-0.1, -0.05) is 35.9 Å². The van der Waals surface area contributed by atoms with Crippen LogP contribution in [0, 0.1) is 6.92 Å². The quantitative estimate of drug-likeness (QED) is 0.570.